The number of rotatable bonds is 6. The number of halogens is 1. The zero-order valence-corrected chi connectivity index (χ0v) is 20.2. The molecule has 1 aromatic rings. The maximum Gasteiger partial charge on any atom is 0.193 e. The maximum absolute atomic E-state index is 5.39. The fourth-order valence-electron chi connectivity index (χ4n) is 4.17. The van der Waals surface area contributed by atoms with Crippen molar-refractivity contribution >= 4 is 29.9 Å². The van der Waals surface area contributed by atoms with E-state index >= 15 is 0 Å². The topological polar surface area (TPSA) is 40.1 Å². The predicted octanol–water partition coefficient (Wildman–Crippen LogP) is 3.73. The van der Waals surface area contributed by atoms with E-state index < -0.39 is 0 Å². The van der Waals surface area contributed by atoms with Crippen molar-refractivity contribution in [1.29, 1.82) is 0 Å². The number of methoxy groups -OCH3 is 1. The van der Waals surface area contributed by atoms with Gasteiger partial charge in [-0.3, -0.25) is 9.89 Å². The molecular weight excluding hydrogens is 463 g/mol. The summed E-state index contributed by atoms with van der Waals surface area (Å²) in [5, 5.41) is 3.52. The highest BCUT2D eigenvalue weighted by Crippen LogP contribution is 2.27. The van der Waals surface area contributed by atoms with E-state index in [2.05, 4.69) is 54.1 Å². The number of likely N-dealkylation sites (tertiary alicyclic amines) is 2. The van der Waals surface area contributed by atoms with E-state index in [0.29, 0.717) is 6.04 Å². The monoisotopic (exact) mass is 500 g/mol. The van der Waals surface area contributed by atoms with E-state index in [1.807, 2.05) is 6.07 Å². The predicted molar refractivity (Wildman–Crippen MR) is 128 cm³/mol. The Bertz CT molecular complexity index is 643. The van der Waals surface area contributed by atoms with Crippen molar-refractivity contribution in [1.82, 2.24) is 15.1 Å². The van der Waals surface area contributed by atoms with Crippen LogP contribution in [0.1, 0.15) is 45.6 Å². The molecule has 1 unspecified atom stereocenters. The van der Waals surface area contributed by atoms with Gasteiger partial charge >= 0.3 is 0 Å². The van der Waals surface area contributed by atoms with Crippen LogP contribution in [0, 0.1) is 0 Å². The summed E-state index contributed by atoms with van der Waals surface area (Å²) in [6.45, 7) is 13.1. The van der Waals surface area contributed by atoms with Crippen LogP contribution < -0.4 is 10.1 Å². The molecule has 0 saturated carbocycles. The third kappa shape index (κ3) is 5.75. The number of nitrogens with zero attached hydrogens (tertiary/aromatic N) is 3. The van der Waals surface area contributed by atoms with Gasteiger partial charge in [0, 0.05) is 31.1 Å². The van der Waals surface area contributed by atoms with Gasteiger partial charge in [-0.1, -0.05) is 26.0 Å². The minimum Gasteiger partial charge on any atom is -0.497 e. The molecule has 2 aliphatic rings. The summed E-state index contributed by atoms with van der Waals surface area (Å²) in [5.41, 5.74) is 1.22. The SMILES string of the molecule is CCNC(=NCC(C)(C)c1cccc(OC)c1)N1CCC(N2CCCC2)C1.I. The summed E-state index contributed by atoms with van der Waals surface area (Å²) in [5.74, 6) is 1.97. The molecule has 6 heteroatoms. The van der Waals surface area contributed by atoms with Crippen molar-refractivity contribution in [2.24, 2.45) is 4.99 Å². The van der Waals surface area contributed by atoms with Gasteiger partial charge < -0.3 is 15.0 Å². The number of hydrogen-bond donors (Lipinski definition) is 1. The molecule has 2 heterocycles. The molecule has 1 N–H and O–H groups in total. The zero-order chi connectivity index (χ0) is 19.3. The van der Waals surface area contributed by atoms with Gasteiger partial charge in [-0.05, 0) is 57.0 Å². The summed E-state index contributed by atoms with van der Waals surface area (Å²) in [6.07, 6.45) is 3.97. The molecule has 0 spiro atoms. The molecule has 0 aliphatic carbocycles. The summed E-state index contributed by atoms with van der Waals surface area (Å²) in [7, 11) is 1.72. The van der Waals surface area contributed by atoms with E-state index in [1.54, 1.807) is 7.11 Å². The molecule has 0 radical (unpaired) electrons. The Hall–Kier alpha value is -1.02. The molecular formula is C22H37IN4O. The highest BCUT2D eigenvalue weighted by molar-refractivity contribution is 14.0. The van der Waals surface area contributed by atoms with Crippen LogP contribution in [-0.4, -0.2) is 68.2 Å². The van der Waals surface area contributed by atoms with Crippen LogP contribution >= 0.6 is 24.0 Å². The summed E-state index contributed by atoms with van der Waals surface area (Å²) in [6, 6.07) is 9.05. The van der Waals surface area contributed by atoms with Crippen molar-refractivity contribution in [3.63, 3.8) is 0 Å². The van der Waals surface area contributed by atoms with E-state index in [9.17, 15) is 0 Å². The van der Waals surface area contributed by atoms with Crippen molar-refractivity contribution in [2.75, 3.05) is 46.4 Å². The van der Waals surface area contributed by atoms with Crippen LogP contribution in [0.2, 0.25) is 0 Å². The largest absolute Gasteiger partial charge is 0.497 e. The van der Waals surface area contributed by atoms with E-state index in [-0.39, 0.29) is 29.4 Å². The fourth-order valence-corrected chi connectivity index (χ4v) is 4.17. The fraction of sp³-hybridized carbons (Fsp3) is 0.682. The van der Waals surface area contributed by atoms with Gasteiger partial charge in [0.2, 0.25) is 0 Å². The lowest BCUT2D eigenvalue weighted by Gasteiger charge is -2.28. The second-order valence-corrected chi connectivity index (χ2v) is 8.42. The van der Waals surface area contributed by atoms with Crippen LogP contribution in [0.5, 0.6) is 5.75 Å². The Morgan fingerprint density at radius 3 is 2.68 bits per heavy atom. The maximum atomic E-state index is 5.39. The van der Waals surface area contributed by atoms with Crippen molar-refractivity contribution in [3.8, 4) is 5.75 Å². The van der Waals surface area contributed by atoms with Gasteiger partial charge in [-0.2, -0.15) is 0 Å². The first-order chi connectivity index (χ1) is 13.0. The number of hydrogen-bond acceptors (Lipinski definition) is 3. The van der Waals surface area contributed by atoms with Gasteiger partial charge in [-0.25, -0.2) is 0 Å². The number of ether oxygens (including phenoxy) is 1. The first-order valence-electron chi connectivity index (χ1n) is 10.5. The molecule has 0 amide bonds. The molecule has 158 valence electrons. The van der Waals surface area contributed by atoms with Crippen LogP contribution in [0.15, 0.2) is 29.3 Å². The summed E-state index contributed by atoms with van der Waals surface area (Å²) in [4.78, 5) is 10.2. The lowest BCUT2D eigenvalue weighted by atomic mass is 9.84. The molecule has 0 aromatic heterocycles. The minimum atomic E-state index is -0.0384. The van der Waals surface area contributed by atoms with Gasteiger partial charge in [0.1, 0.15) is 5.75 Å². The molecule has 0 bridgehead atoms. The van der Waals surface area contributed by atoms with Crippen molar-refractivity contribution < 1.29 is 4.74 Å². The number of aliphatic imine (C=N–C) groups is 1. The zero-order valence-electron chi connectivity index (χ0n) is 17.9. The average Bonchev–Trinajstić information content (AvgIpc) is 3.36. The van der Waals surface area contributed by atoms with Gasteiger partial charge in [-0.15, -0.1) is 24.0 Å². The van der Waals surface area contributed by atoms with Gasteiger partial charge in [0.05, 0.1) is 13.7 Å². The Balaban J connectivity index is 0.00000280. The highest BCUT2D eigenvalue weighted by Gasteiger charge is 2.31. The first-order valence-corrected chi connectivity index (χ1v) is 10.5. The van der Waals surface area contributed by atoms with Gasteiger partial charge in [0.15, 0.2) is 5.96 Å². The molecule has 28 heavy (non-hydrogen) atoms. The average molecular weight is 500 g/mol. The van der Waals surface area contributed by atoms with Crippen molar-refractivity contribution in [2.45, 2.75) is 51.5 Å². The third-order valence-electron chi connectivity index (χ3n) is 5.93. The Morgan fingerprint density at radius 2 is 2.00 bits per heavy atom. The lowest BCUT2D eigenvalue weighted by molar-refractivity contribution is 0.249. The summed E-state index contributed by atoms with van der Waals surface area (Å²) >= 11 is 0. The van der Waals surface area contributed by atoms with E-state index in [1.165, 1.54) is 37.9 Å². The Morgan fingerprint density at radius 1 is 1.25 bits per heavy atom. The van der Waals surface area contributed by atoms with Crippen LogP contribution in [0.3, 0.4) is 0 Å². The molecule has 3 rings (SSSR count). The quantitative estimate of drug-likeness (QED) is 0.367. The van der Waals surface area contributed by atoms with Crippen LogP contribution in [0.25, 0.3) is 0 Å². The van der Waals surface area contributed by atoms with Crippen LogP contribution in [-0.2, 0) is 5.41 Å². The van der Waals surface area contributed by atoms with Crippen molar-refractivity contribution in [3.05, 3.63) is 29.8 Å². The van der Waals surface area contributed by atoms with Gasteiger partial charge in [0.25, 0.3) is 0 Å². The molecule has 2 fully saturated rings. The number of guanidine groups is 1. The second kappa shape index (κ2) is 10.7. The third-order valence-corrected chi connectivity index (χ3v) is 5.93. The first kappa shape index (κ1) is 23.3. The molecule has 5 nitrogen and oxygen atoms in total. The molecule has 1 atom stereocenters. The Labute approximate surface area is 187 Å². The van der Waals surface area contributed by atoms with E-state index in [0.717, 1.165) is 37.9 Å². The normalized spacial score (nSPS) is 20.9. The molecule has 2 aliphatic heterocycles. The van der Waals surface area contributed by atoms with Crippen LogP contribution in [0.4, 0.5) is 0 Å². The molecule has 1 aromatic carbocycles. The Kier molecular flexibility index (Phi) is 8.86. The number of benzene rings is 1. The standard InChI is InChI=1S/C22H36N4O.HI/c1-5-23-21(26-14-11-19(16-26)25-12-6-7-13-25)24-17-22(2,3)18-9-8-10-20(15-18)27-4;/h8-10,15,19H,5-7,11-14,16-17H2,1-4H3,(H,23,24);1H. The summed E-state index contributed by atoms with van der Waals surface area (Å²) < 4.78 is 5.39. The highest BCUT2D eigenvalue weighted by atomic mass is 127. The molecule has 2 saturated heterocycles. The number of nitrogens with one attached hydrogen (secondary N) is 1. The van der Waals surface area contributed by atoms with E-state index in [4.69, 9.17) is 9.73 Å². The second-order valence-electron chi connectivity index (χ2n) is 8.42. The smallest absolute Gasteiger partial charge is 0.193 e. The lowest BCUT2D eigenvalue weighted by Crippen LogP contribution is -2.43. The minimum absolute atomic E-state index is 0.